The Hall–Kier alpha value is -2.16. The monoisotopic (exact) mass is 262 g/mol. The normalized spacial score (nSPS) is 11.6. The van der Waals surface area contributed by atoms with Crippen LogP contribution in [0.4, 0.5) is 0 Å². The van der Waals surface area contributed by atoms with Crippen molar-refractivity contribution >= 4 is 23.8 Å². The first-order chi connectivity index (χ1) is 8.23. The van der Waals surface area contributed by atoms with Gasteiger partial charge in [0.1, 0.15) is 13.1 Å². The first-order valence-corrected chi connectivity index (χ1v) is 4.93. The Morgan fingerprint density at radius 3 is 1.72 bits per heavy atom. The number of nitrogens with two attached hydrogens (primary N) is 1. The van der Waals surface area contributed by atoms with Crippen molar-refractivity contribution in [1.29, 1.82) is 0 Å². The Kier molecular flexibility index (Phi) is 6.35. The summed E-state index contributed by atoms with van der Waals surface area (Å²) in [5.41, 5.74) is 5.38. The molecule has 1 amide bonds. The summed E-state index contributed by atoms with van der Waals surface area (Å²) in [4.78, 5) is 43.4. The first kappa shape index (κ1) is 15.8. The molecule has 0 aliphatic carbocycles. The smallest absolute Gasteiger partial charge is 0.323 e. The zero-order chi connectivity index (χ0) is 14.3. The quantitative estimate of drug-likeness (QED) is 0.397. The van der Waals surface area contributed by atoms with Crippen molar-refractivity contribution in [3.8, 4) is 0 Å². The molecule has 1 unspecified atom stereocenters. The number of carbonyl (C=O) groups is 4. The van der Waals surface area contributed by atoms with Gasteiger partial charge in [-0.1, -0.05) is 0 Å². The summed E-state index contributed by atoms with van der Waals surface area (Å²) in [7, 11) is 0. The molecular formula is C9H14N2O7. The molecular weight excluding hydrogens is 248 g/mol. The van der Waals surface area contributed by atoms with Crippen molar-refractivity contribution in [2.75, 3.05) is 13.1 Å². The van der Waals surface area contributed by atoms with Crippen LogP contribution >= 0.6 is 0 Å². The number of nitrogens with zero attached hydrogens (tertiary/aromatic N) is 1. The number of amides is 1. The van der Waals surface area contributed by atoms with Gasteiger partial charge in [-0.3, -0.25) is 19.2 Å². The number of rotatable bonds is 8. The minimum absolute atomic E-state index is 0.191. The van der Waals surface area contributed by atoms with Crippen molar-refractivity contribution < 1.29 is 34.5 Å². The topological polar surface area (TPSA) is 158 Å². The van der Waals surface area contributed by atoms with Gasteiger partial charge in [0, 0.05) is 6.42 Å². The molecule has 9 heteroatoms. The van der Waals surface area contributed by atoms with E-state index in [9.17, 15) is 19.2 Å². The van der Waals surface area contributed by atoms with Crippen LogP contribution in [0.5, 0.6) is 0 Å². The highest BCUT2D eigenvalue weighted by atomic mass is 16.4. The van der Waals surface area contributed by atoms with Crippen molar-refractivity contribution in [2.24, 2.45) is 5.73 Å². The van der Waals surface area contributed by atoms with Crippen molar-refractivity contribution in [1.82, 2.24) is 4.90 Å². The van der Waals surface area contributed by atoms with E-state index in [1.807, 2.05) is 0 Å². The Balaban J connectivity index is 4.56. The van der Waals surface area contributed by atoms with E-state index in [-0.39, 0.29) is 12.8 Å². The Morgan fingerprint density at radius 1 is 0.944 bits per heavy atom. The fourth-order valence-electron chi connectivity index (χ4n) is 1.18. The Labute approximate surface area is 102 Å². The van der Waals surface area contributed by atoms with Crippen LogP contribution in [0.1, 0.15) is 12.8 Å². The van der Waals surface area contributed by atoms with Gasteiger partial charge in [-0.05, 0) is 6.42 Å². The lowest BCUT2D eigenvalue weighted by molar-refractivity contribution is -0.150. The summed E-state index contributed by atoms with van der Waals surface area (Å²) < 4.78 is 0. The second kappa shape index (κ2) is 7.22. The molecule has 0 heterocycles. The van der Waals surface area contributed by atoms with E-state index in [1.54, 1.807) is 0 Å². The fourth-order valence-corrected chi connectivity index (χ4v) is 1.18. The van der Waals surface area contributed by atoms with Gasteiger partial charge in [-0.25, -0.2) is 0 Å². The average Bonchev–Trinajstić information content (AvgIpc) is 2.22. The molecule has 0 spiro atoms. The first-order valence-electron chi connectivity index (χ1n) is 4.93. The predicted octanol–water partition coefficient (Wildman–Crippen LogP) is -1.82. The van der Waals surface area contributed by atoms with Crippen molar-refractivity contribution in [3.63, 3.8) is 0 Å². The van der Waals surface area contributed by atoms with Gasteiger partial charge in [0.25, 0.3) is 0 Å². The Bertz CT molecular complexity index is 339. The van der Waals surface area contributed by atoms with Gasteiger partial charge in [-0.2, -0.15) is 0 Å². The molecule has 0 rings (SSSR count). The minimum Gasteiger partial charge on any atom is -0.481 e. The largest absolute Gasteiger partial charge is 0.481 e. The van der Waals surface area contributed by atoms with E-state index in [1.165, 1.54) is 0 Å². The summed E-state index contributed by atoms with van der Waals surface area (Å²) >= 11 is 0. The second-order valence-corrected chi connectivity index (χ2v) is 3.52. The highest BCUT2D eigenvalue weighted by molar-refractivity contribution is 5.88. The van der Waals surface area contributed by atoms with Crippen LogP contribution < -0.4 is 5.73 Å². The van der Waals surface area contributed by atoms with Crippen LogP contribution in [0.3, 0.4) is 0 Å². The molecule has 0 bridgehead atoms. The summed E-state index contributed by atoms with van der Waals surface area (Å²) in [6.45, 7) is -1.60. The lowest BCUT2D eigenvalue weighted by atomic mass is 10.1. The molecule has 0 aromatic heterocycles. The predicted molar refractivity (Wildman–Crippen MR) is 56.7 cm³/mol. The van der Waals surface area contributed by atoms with Crippen LogP contribution in [0.15, 0.2) is 0 Å². The van der Waals surface area contributed by atoms with Gasteiger partial charge in [-0.15, -0.1) is 0 Å². The SMILES string of the molecule is NC(CCC(=O)O)C(=O)N(CC(=O)O)CC(=O)O. The van der Waals surface area contributed by atoms with Gasteiger partial charge in [0.05, 0.1) is 6.04 Å². The molecule has 0 aliphatic rings. The second-order valence-electron chi connectivity index (χ2n) is 3.52. The van der Waals surface area contributed by atoms with Crippen molar-refractivity contribution in [3.05, 3.63) is 0 Å². The third-order valence-electron chi connectivity index (χ3n) is 1.95. The number of carbonyl (C=O) groups excluding carboxylic acids is 1. The number of hydrogen-bond acceptors (Lipinski definition) is 5. The molecule has 18 heavy (non-hydrogen) atoms. The molecule has 0 saturated carbocycles. The molecule has 5 N–H and O–H groups in total. The maximum absolute atomic E-state index is 11.6. The maximum atomic E-state index is 11.6. The third-order valence-corrected chi connectivity index (χ3v) is 1.95. The van der Waals surface area contributed by atoms with E-state index < -0.39 is 42.9 Å². The Morgan fingerprint density at radius 2 is 1.39 bits per heavy atom. The van der Waals surface area contributed by atoms with Gasteiger partial charge < -0.3 is 26.0 Å². The molecule has 0 fully saturated rings. The number of aliphatic carboxylic acids is 3. The molecule has 9 nitrogen and oxygen atoms in total. The van der Waals surface area contributed by atoms with Crippen LogP contribution in [0.2, 0.25) is 0 Å². The molecule has 102 valence electrons. The highest BCUT2D eigenvalue weighted by Gasteiger charge is 2.25. The molecule has 1 atom stereocenters. The lowest BCUT2D eigenvalue weighted by Gasteiger charge is -2.21. The molecule has 0 saturated heterocycles. The molecule has 0 aromatic carbocycles. The zero-order valence-electron chi connectivity index (χ0n) is 9.40. The third kappa shape index (κ3) is 6.43. The standard InChI is InChI=1S/C9H14N2O7/c10-5(1-2-6(12)13)9(18)11(3-7(14)15)4-8(16)17/h5H,1-4,10H2,(H,12,13)(H,14,15)(H,16,17). The average molecular weight is 262 g/mol. The zero-order valence-corrected chi connectivity index (χ0v) is 9.40. The van der Waals surface area contributed by atoms with Crippen LogP contribution in [-0.2, 0) is 19.2 Å². The van der Waals surface area contributed by atoms with E-state index in [4.69, 9.17) is 21.1 Å². The van der Waals surface area contributed by atoms with Crippen LogP contribution in [-0.4, -0.2) is 63.2 Å². The van der Waals surface area contributed by atoms with Crippen molar-refractivity contribution in [2.45, 2.75) is 18.9 Å². The molecule has 0 aliphatic heterocycles. The minimum atomic E-state index is -1.38. The molecule has 0 aromatic rings. The number of carboxylic acid groups (broad SMARTS) is 3. The lowest BCUT2D eigenvalue weighted by Crippen LogP contribution is -2.48. The van der Waals surface area contributed by atoms with Gasteiger partial charge in [0.2, 0.25) is 5.91 Å². The number of hydrogen-bond donors (Lipinski definition) is 4. The molecule has 0 radical (unpaired) electrons. The highest BCUT2D eigenvalue weighted by Crippen LogP contribution is 2.01. The van der Waals surface area contributed by atoms with E-state index in [0.29, 0.717) is 4.90 Å². The fraction of sp³-hybridized carbons (Fsp3) is 0.556. The van der Waals surface area contributed by atoms with E-state index in [0.717, 1.165) is 0 Å². The van der Waals surface area contributed by atoms with E-state index in [2.05, 4.69) is 0 Å². The summed E-state index contributed by atoms with van der Waals surface area (Å²) in [5, 5.41) is 25.5. The maximum Gasteiger partial charge on any atom is 0.323 e. The van der Waals surface area contributed by atoms with Gasteiger partial charge >= 0.3 is 17.9 Å². The summed E-state index contributed by atoms with van der Waals surface area (Å²) in [6, 6.07) is -1.24. The number of carboxylic acids is 3. The summed E-state index contributed by atoms with van der Waals surface area (Å²) in [5.74, 6) is -4.81. The van der Waals surface area contributed by atoms with Crippen LogP contribution in [0, 0.1) is 0 Å². The van der Waals surface area contributed by atoms with Crippen LogP contribution in [0.25, 0.3) is 0 Å². The van der Waals surface area contributed by atoms with Gasteiger partial charge in [0.15, 0.2) is 0 Å². The summed E-state index contributed by atoms with van der Waals surface area (Å²) in [6.07, 6.45) is -0.551. The van der Waals surface area contributed by atoms with E-state index >= 15 is 0 Å².